The van der Waals surface area contributed by atoms with Gasteiger partial charge in [-0.15, -0.1) is 5.10 Å². The lowest BCUT2D eigenvalue weighted by molar-refractivity contribution is -0.156. The third-order valence-electron chi connectivity index (χ3n) is 3.41. The molecule has 0 aliphatic rings. The first-order valence-corrected chi connectivity index (χ1v) is 7.00. The van der Waals surface area contributed by atoms with Crippen molar-refractivity contribution in [3.05, 3.63) is 41.7 Å². The predicted molar refractivity (Wildman–Crippen MR) is 81.1 cm³/mol. The van der Waals surface area contributed by atoms with Crippen LogP contribution in [0.25, 0.3) is 5.69 Å². The van der Waals surface area contributed by atoms with Gasteiger partial charge in [-0.05, 0) is 26.0 Å². The molecule has 0 saturated carbocycles. The smallest absolute Gasteiger partial charge is 0.337 e. The molecule has 23 heavy (non-hydrogen) atoms. The van der Waals surface area contributed by atoms with Crippen molar-refractivity contribution < 1.29 is 19.8 Å². The van der Waals surface area contributed by atoms with Gasteiger partial charge in [0.05, 0.1) is 30.0 Å². The number of para-hydroxylation sites is 1. The van der Waals surface area contributed by atoms with Crippen molar-refractivity contribution in [3.63, 3.8) is 0 Å². The summed E-state index contributed by atoms with van der Waals surface area (Å²) in [4.78, 5) is 22.7. The molecule has 1 unspecified atom stereocenters. The van der Waals surface area contributed by atoms with Gasteiger partial charge in [0.25, 0.3) is 0 Å². The number of carbonyl (C=O) groups is 2. The van der Waals surface area contributed by atoms with Gasteiger partial charge in [-0.25, -0.2) is 9.48 Å². The highest BCUT2D eigenvalue weighted by Gasteiger charge is 2.30. The minimum atomic E-state index is -2.01. The normalized spacial score (nSPS) is 13.3. The molecule has 0 saturated heterocycles. The minimum Gasteiger partial charge on any atom is -0.479 e. The van der Waals surface area contributed by atoms with Crippen molar-refractivity contribution in [3.8, 4) is 5.69 Å². The summed E-state index contributed by atoms with van der Waals surface area (Å²) in [6, 6.07) is 9.37. The Hall–Kier alpha value is -2.74. The van der Waals surface area contributed by atoms with Crippen LogP contribution in [0.2, 0.25) is 0 Å². The number of nitrogens with one attached hydrogen (secondary N) is 1. The van der Waals surface area contributed by atoms with Crippen LogP contribution >= 0.6 is 0 Å². The predicted octanol–water partition coefficient (Wildman–Crippen LogP) is 0.0700. The quantitative estimate of drug-likeness (QED) is 0.694. The van der Waals surface area contributed by atoms with E-state index in [2.05, 4.69) is 15.6 Å². The zero-order valence-electron chi connectivity index (χ0n) is 12.9. The van der Waals surface area contributed by atoms with E-state index in [1.807, 2.05) is 30.3 Å². The number of carboxylic acids is 1. The number of amides is 1. The van der Waals surface area contributed by atoms with Crippen LogP contribution in [-0.4, -0.2) is 49.2 Å². The fraction of sp³-hybridized carbons (Fsp3) is 0.333. The molecular weight excluding hydrogens is 300 g/mol. The number of aliphatic carboxylic acids is 1. The van der Waals surface area contributed by atoms with E-state index in [0.29, 0.717) is 5.69 Å². The Morgan fingerprint density at radius 1 is 1.30 bits per heavy atom. The van der Waals surface area contributed by atoms with E-state index in [1.54, 1.807) is 11.6 Å². The van der Waals surface area contributed by atoms with Crippen molar-refractivity contribution >= 4 is 11.9 Å². The summed E-state index contributed by atoms with van der Waals surface area (Å²) < 4.78 is 1.62. The Kier molecular flexibility index (Phi) is 4.75. The van der Waals surface area contributed by atoms with Gasteiger partial charge in [0.1, 0.15) is 0 Å². The molecule has 8 nitrogen and oxygen atoms in total. The van der Waals surface area contributed by atoms with Crippen molar-refractivity contribution in [2.24, 2.45) is 0 Å². The minimum absolute atomic E-state index is 0.0473. The molecule has 8 heteroatoms. The van der Waals surface area contributed by atoms with Crippen LogP contribution in [0.5, 0.6) is 0 Å². The number of hydrogen-bond donors (Lipinski definition) is 3. The van der Waals surface area contributed by atoms with Crippen LogP contribution in [-0.2, 0) is 16.0 Å². The Morgan fingerprint density at radius 3 is 2.57 bits per heavy atom. The number of aliphatic hydroxyl groups is 1. The first-order chi connectivity index (χ1) is 10.8. The second kappa shape index (κ2) is 6.57. The number of carboxylic acid groups (broad SMARTS) is 1. The van der Waals surface area contributed by atoms with Crippen molar-refractivity contribution in [2.45, 2.75) is 25.9 Å². The summed E-state index contributed by atoms with van der Waals surface area (Å²) in [5.74, 6) is -1.83. The fourth-order valence-corrected chi connectivity index (χ4v) is 1.90. The van der Waals surface area contributed by atoms with E-state index in [0.717, 1.165) is 18.3 Å². The third kappa shape index (κ3) is 3.92. The SMILES string of the molecule is Cc1c(CC(=O)NCC(C)(O)C(=O)O)nnn1-c1ccccc1. The van der Waals surface area contributed by atoms with Gasteiger partial charge in [0, 0.05) is 0 Å². The van der Waals surface area contributed by atoms with Crippen LogP contribution in [0.1, 0.15) is 18.3 Å². The fourth-order valence-electron chi connectivity index (χ4n) is 1.90. The van der Waals surface area contributed by atoms with Crippen LogP contribution < -0.4 is 5.32 Å². The molecule has 2 aromatic rings. The maximum Gasteiger partial charge on any atom is 0.337 e. The standard InChI is InChI=1S/C15H18N4O4/c1-10-12(8-13(20)16-9-15(2,23)14(21)22)17-18-19(10)11-6-4-3-5-7-11/h3-7,23H,8-9H2,1-2H3,(H,16,20)(H,21,22). The van der Waals surface area contributed by atoms with Crippen molar-refractivity contribution in [1.29, 1.82) is 0 Å². The molecule has 0 aliphatic carbocycles. The molecule has 2 rings (SSSR count). The monoisotopic (exact) mass is 318 g/mol. The van der Waals surface area contributed by atoms with Crippen molar-refractivity contribution in [1.82, 2.24) is 20.3 Å². The lowest BCUT2D eigenvalue weighted by Crippen LogP contribution is -2.46. The zero-order chi connectivity index (χ0) is 17.0. The molecular formula is C15H18N4O4. The number of nitrogens with zero attached hydrogens (tertiary/aromatic N) is 3. The lowest BCUT2D eigenvalue weighted by atomic mass is 10.1. The van der Waals surface area contributed by atoms with Gasteiger partial charge in [0.15, 0.2) is 5.60 Å². The van der Waals surface area contributed by atoms with E-state index in [9.17, 15) is 14.7 Å². The highest BCUT2D eigenvalue weighted by atomic mass is 16.4. The van der Waals surface area contributed by atoms with E-state index < -0.39 is 17.5 Å². The molecule has 1 heterocycles. The Morgan fingerprint density at radius 2 is 1.96 bits per heavy atom. The molecule has 0 bridgehead atoms. The van der Waals surface area contributed by atoms with Gasteiger partial charge in [0.2, 0.25) is 5.91 Å². The summed E-state index contributed by atoms with van der Waals surface area (Å²) in [5.41, 5.74) is 0.0300. The van der Waals surface area contributed by atoms with Crippen LogP contribution in [0, 0.1) is 6.92 Å². The molecule has 1 aromatic heterocycles. The van der Waals surface area contributed by atoms with Crippen LogP contribution in [0.15, 0.2) is 30.3 Å². The summed E-state index contributed by atoms with van der Waals surface area (Å²) in [7, 11) is 0. The molecule has 1 aromatic carbocycles. The number of carbonyl (C=O) groups excluding carboxylic acids is 1. The van der Waals surface area contributed by atoms with Crippen LogP contribution in [0.3, 0.4) is 0 Å². The molecule has 0 radical (unpaired) electrons. The maximum atomic E-state index is 11.9. The zero-order valence-corrected chi connectivity index (χ0v) is 12.9. The molecule has 1 amide bonds. The summed E-state index contributed by atoms with van der Waals surface area (Å²) in [6.07, 6.45) is -0.0473. The van der Waals surface area contributed by atoms with Gasteiger partial charge >= 0.3 is 5.97 Å². The first kappa shape index (κ1) is 16.6. The van der Waals surface area contributed by atoms with Crippen molar-refractivity contribution in [2.75, 3.05) is 6.54 Å². The Bertz CT molecular complexity index is 710. The largest absolute Gasteiger partial charge is 0.479 e. The molecule has 0 aliphatic heterocycles. The van der Waals surface area contributed by atoms with E-state index in [-0.39, 0.29) is 13.0 Å². The number of aromatic nitrogens is 3. The third-order valence-corrected chi connectivity index (χ3v) is 3.41. The van der Waals surface area contributed by atoms with E-state index >= 15 is 0 Å². The van der Waals surface area contributed by atoms with Gasteiger partial charge < -0.3 is 15.5 Å². The average Bonchev–Trinajstić information content (AvgIpc) is 2.87. The summed E-state index contributed by atoms with van der Waals surface area (Å²) in [6.45, 7) is 2.53. The van der Waals surface area contributed by atoms with E-state index in [4.69, 9.17) is 5.11 Å². The second-order valence-electron chi connectivity index (χ2n) is 5.40. The highest BCUT2D eigenvalue weighted by molar-refractivity contribution is 5.81. The highest BCUT2D eigenvalue weighted by Crippen LogP contribution is 2.12. The molecule has 122 valence electrons. The molecule has 0 spiro atoms. The topological polar surface area (TPSA) is 117 Å². The van der Waals surface area contributed by atoms with Crippen LogP contribution in [0.4, 0.5) is 0 Å². The summed E-state index contributed by atoms with van der Waals surface area (Å²) >= 11 is 0. The Labute approximate surface area is 132 Å². The van der Waals surface area contributed by atoms with E-state index in [1.165, 1.54) is 0 Å². The maximum absolute atomic E-state index is 11.9. The number of benzene rings is 1. The van der Waals surface area contributed by atoms with Gasteiger partial charge in [-0.1, -0.05) is 23.4 Å². The lowest BCUT2D eigenvalue weighted by Gasteiger charge is -2.18. The number of hydrogen-bond acceptors (Lipinski definition) is 5. The second-order valence-corrected chi connectivity index (χ2v) is 5.40. The summed E-state index contributed by atoms with van der Waals surface area (Å²) in [5, 5.41) is 28.7. The molecule has 0 fully saturated rings. The average molecular weight is 318 g/mol. The van der Waals surface area contributed by atoms with Gasteiger partial charge in [-0.3, -0.25) is 4.79 Å². The molecule has 1 atom stereocenters. The van der Waals surface area contributed by atoms with Gasteiger partial charge in [-0.2, -0.15) is 0 Å². The first-order valence-electron chi connectivity index (χ1n) is 7.00. The Balaban J connectivity index is 2.03. The molecule has 3 N–H and O–H groups in total. The number of rotatable bonds is 6.